The van der Waals surface area contributed by atoms with E-state index in [1.807, 2.05) is 36.4 Å². The Labute approximate surface area is 195 Å². The number of aromatic nitrogens is 1. The number of carbonyl (C=O) groups is 2. The van der Waals surface area contributed by atoms with Crippen LogP contribution in [0.1, 0.15) is 49.7 Å². The summed E-state index contributed by atoms with van der Waals surface area (Å²) in [5.41, 5.74) is 2.59. The number of thiazole rings is 1. The number of ether oxygens (including phenoxy) is 1. The minimum Gasteiger partial charge on any atom is -0.431 e. The summed E-state index contributed by atoms with van der Waals surface area (Å²) in [6, 6.07) is 11.4. The van der Waals surface area contributed by atoms with Crippen molar-refractivity contribution >= 4 is 44.7 Å². The van der Waals surface area contributed by atoms with Gasteiger partial charge in [0.2, 0.25) is 0 Å². The Morgan fingerprint density at radius 3 is 2.34 bits per heavy atom. The zero-order chi connectivity index (χ0) is 22.0. The average Bonchev–Trinajstić information content (AvgIpc) is 3.35. The fourth-order valence-electron chi connectivity index (χ4n) is 6.37. The maximum Gasteiger partial charge on any atom is 0.279 e. The molecule has 0 aliphatic heterocycles. The number of para-hydroxylation sites is 1. The van der Waals surface area contributed by atoms with Crippen LogP contribution in [0.15, 0.2) is 36.4 Å². The molecule has 2 unspecified atom stereocenters. The lowest BCUT2D eigenvalue weighted by molar-refractivity contribution is -0.129. The molecule has 7 rings (SSSR count). The van der Waals surface area contributed by atoms with Crippen LogP contribution in [0, 0.1) is 23.7 Å². The molecule has 2 bridgehead atoms. The molecule has 4 nitrogen and oxygen atoms in total. The average molecular weight is 466 g/mol. The van der Waals surface area contributed by atoms with Gasteiger partial charge in [0.25, 0.3) is 5.19 Å². The maximum absolute atomic E-state index is 13.5. The number of hydrogen-bond acceptors (Lipinski definition) is 5. The molecule has 4 aliphatic rings. The monoisotopic (exact) mass is 465 g/mol. The maximum atomic E-state index is 13.5. The molecule has 164 valence electrons. The molecule has 0 amide bonds. The van der Waals surface area contributed by atoms with Crippen molar-refractivity contribution in [1.82, 2.24) is 4.98 Å². The normalized spacial score (nSPS) is 29.0. The smallest absolute Gasteiger partial charge is 0.279 e. The summed E-state index contributed by atoms with van der Waals surface area (Å²) in [6.45, 7) is 2.07. The summed E-state index contributed by atoms with van der Waals surface area (Å²) >= 11 is 7.69. The van der Waals surface area contributed by atoms with Crippen LogP contribution in [0.5, 0.6) is 10.9 Å². The van der Waals surface area contributed by atoms with E-state index in [0.717, 1.165) is 53.4 Å². The molecule has 4 saturated carbocycles. The van der Waals surface area contributed by atoms with E-state index in [9.17, 15) is 9.59 Å². The first-order valence-corrected chi connectivity index (χ1v) is 12.7. The molecular formula is C26H24ClNO3S. The fourth-order valence-corrected chi connectivity index (χ4v) is 7.50. The number of Topliss-reactive ketones (excluding diaryl/α,β-unsaturated/α-hetero) is 2. The van der Waals surface area contributed by atoms with Crippen LogP contribution in [-0.4, -0.2) is 16.6 Å². The Morgan fingerprint density at radius 2 is 1.72 bits per heavy atom. The Kier molecular flexibility index (Phi) is 4.88. The van der Waals surface area contributed by atoms with Crippen molar-refractivity contribution in [3.8, 4) is 10.9 Å². The number of ketones is 2. The van der Waals surface area contributed by atoms with Gasteiger partial charge in [-0.1, -0.05) is 42.0 Å². The molecule has 3 aromatic rings. The van der Waals surface area contributed by atoms with E-state index in [1.54, 1.807) is 0 Å². The predicted molar refractivity (Wildman–Crippen MR) is 126 cm³/mol. The lowest BCUT2D eigenvalue weighted by atomic mass is 9.59. The van der Waals surface area contributed by atoms with E-state index in [1.165, 1.54) is 11.3 Å². The van der Waals surface area contributed by atoms with Crippen molar-refractivity contribution < 1.29 is 14.3 Å². The van der Waals surface area contributed by atoms with Crippen molar-refractivity contribution in [2.75, 3.05) is 0 Å². The summed E-state index contributed by atoms with van der Waals surface area (Å²) in [5.74, 6) is 0.898. The molecule has 0 radical (unpaired) electrons. The highest BCUT2D eigenvalue weighted by atomic mass is 35.5. The molecule has 4 fully saturated rings. The van der Waals surface area contributed by atoms with Gasteiger partial charge in [-0.3, -0.25) is 9.59 Å². The first kappa shape index (κ1) is 20.4. The van der Waals surface area contributed by atoms with Gasteiger partial charge >= 0.3 is 0 Å². The third-order valence-corrected chi connectivity index (χ3v) is 9.01. The van der Waals surface area contributed by atoms with Gasteiger partial charge in [0, 0.05) is 11.8 Å². The van der Waals surface area contributed by atoms with E-state index in [-0.39, 0.29) is 23.4 Å². The first-order chi connectivity index (χ1) is 15.5. The number of hydrogen-bond donors (Lipinski definition) is 0. The zero-order valence-corrected chi connectivity index (χ0v) is 19.4. The van der Waals surface area contributed by atoms with Crippen LogP contribution >= 0.6 is 22.9 Å². The van der Waals surface area contributed by atoms with E-state index in [0.29, 0.717) is 27.8 Å². The fraction of sp³-hybridized carbons (Fsp3) is 0.423. The van der Waals surface area contributed by atoms with Gasteiger partial charge in [0.05, 0.1) is 9.72 Å². The number of nitrogens with zero attached hydrogens (tertiary/aromatic N) is 1. The van der Waals surface area contributed by atoms with Crippen LogP contribution in [0.4, 0.5) is 0 Å². The SMILES string of the molecule is CCc1ccc(Oc2nc3c(Cl)cccc3s2)cc1C1C(=O)C2C3CCC(CC3)C2C1=O. The van der Waals surface area contributed by atoms with Gasteiger partial charge < -0.3 is 4.74 Å². The van der Waals surface area contributed by atoms with Gasteiger partial charge in [0.1, 0.15) is 17.2 Å². The number of carbonyl (C=O) groups excluding carboxylic acids is 2. The minimum absolute atomic E-state index is 0.0688. The van der Waals surface area contributed by atoms with Crippen LogP contribution in [-0.2, 0) is 16.0 Å². The Morgan fingerprint density at radius 1 is 1.03 bits per heavy atom. The van der Waals surface area contributed by atoms with Crippen molar-refractivity contribution in [2.24, 2.45) is 23.7 Å². The zero-order valence-electron chi connectivity index (χ0n) is 17.8. The highest BCUT2D eigenvalue weighted by Gasteiger charge is 2.59. The molecule has 1 heterocycles. The van der Waals surface area contributed by atoms with E-state index in [4.69, 9.17) is 16.3 Å². The summed E-state index contributed by atoms with van der Waals surface area (Å²) in [6.07, 6.45) is 5.16. The first-order valence-electron chi connectivity index (χ1n) is 11.5. The molecule has 0 saturated heterocycles. The molecule has 2 atom stereocenters. The summed E-state index contributed by atoms with van der Waals surface area (Å²) in [5, 5.41) is 1.09. The Balaban J connectivity index is 1.36. The standard InChI is InChI=1S/C26H24ClNO3S/c1-2-13-10-11-16(31-26-28-23-18(27)4-3-5-19(23)32-26)12-17(13)22-24(29)20-14-6-7-15(9-8-14)21(20)25(22)30/h3-5,10-12,14-15,20-22H,2,6-9H2,1H3. The van der Waals surface area contributed by atoms with Gasteiger partial charge in [0.15, 0.2) is 11.6 Å². The Hall–Kier alpha value is -2.24. The number of rotatable bonds is 4. The summed E-state index contributed by atoms with van der Waals surface area (Å²) in [4.78, 5) is 31.6. The quantitative estimate of drug-likeness (QED) is 0.407. The highest BCUT2D eigenvalue weighted by Crippen LogP contribution is 2.56. The third kappa shape index (κ3) is 3.05. The second kappa shape index (κ2) is 7.67. The van der Waals surface area contributed by atoms with E-state index < -0.39 is 5.92 Å². The molecule has 32 heavy (non-hydrogen) atoms. The van der Waals surface area contributed by atoms with Gasteiger partial charge in [-0.2, -0.15) is 0 Å². The molecule has 0 N–H and O–H groups in total. The van der Waals surface area contributed by atoms with Crippen molar-refractivity contribution in [2.45, 2.75) is 44.9 Å². The second-order valence-corrected chi connectivity index (χ2v) is 10.7. The van der Waals surface area contributed by atoms with Gasteiger partial charge in [-0.25, -0.2) is 4.98 Å². The number of aryl methyl sites for hydroxylation is 1. The molecule has 1 aromatic heterocycles. The van der Waals surface area contributed by atoms with E-state index >= 15 is 0 Å². The van der Waals surface area contributed by atoms with E-state index in [2.05, 4.69) is 11.9 Å². The summed E-state index contributed by atoms with van der Waals surface area (Å²) < 4.78 is 7.05. The number of fused-ring (bicyclic) bond motifs is 3. The van der Waals surface area contributed by atoms with Crippen LogP contribution in [0.3, 0.4) is 0 Å². The summed E-state index contributed by atoms with van der Waals surface area (Å²) in [7, 11) is 0. The van der Waals surface area contributed by atoms with Crippen molar-refractivity contribution in [3.63, 3.8) is 0 Å². The van der Waals surface area contributed by atoms with Gasteiger partial charge in [-0.15, -0.1) is 0 Å². The van der Waals surface area contributed by atoms with Crippen molar-refractivity contribution in [1.29, 1.82) is 0 Å². The van der Waals surface area contributed by atoms with Gasteiger partial charge in [-0.05, 0) is 79.3 Å². The number of halogens is 1. The van der Waals surface area contributed by atoms with Crippen LogP contribution in [0.25, 0.3) is 10.2 Å². The minimum atomic E-state index is -0.644. The molecule has 4 aliphatic carbocycles. The molecule has 6 heteroatoms. The van der Waals surface area contributed by atoms with Crippen LogP contribution < -0.4 is 4.74 Å². The molecular weight excluding hydrogens is 442 g/mol. The highest BCUT2D eigenvalue weighted by molar-refractivity contribution is 7.20. The third-order valence-electron chi connectivity index (χ3n) is 7.81. The molecule has 0 spiro atoms. The van der Waals surface area contributed by atoms with Crippen molar-refractivity contribution in [3.05, 3.63) is 52.5 Å². The lowest BCUT2D eigenvalue weighted by Gasteiger charge is -2.43. The second-order valence-electron chi connectivity index (χ2n) is 9.35. The topological polar surface area (TPSA) is 56.3 Å². The predicted octanol–water partition coefficient (Wildman–Crippen LogP) is 6.59. The lowest BCUT2D eigenvalue weighted by Crippen LogP contribution is -2.41. The Bertz CT molecular complexity index is 1210. The van der Waals surface area contributed by atoms with Crippen LogP contribution in [0.2, 0.25) is 5.02 Å². The molecule has 2 aromatic carbocycles. The largest absolute Gasteiger partial charge is 0.431 e. The number of benzene rings is 2.